The molecule has 0 aromatic carbocycles. The maximum Gasteiger partial charge on any atom is 0.327 e. The SMILES string of the molecule is CC=CC(=O)O.[Ti]. The molecule has 7 heavy (non-hydrogen) atoms. The first-order chi connectivity index (χ1) is 2.77. The van der Waals surface area contributed by atoms with Crippen molar-refractivity contribution in [1.82, 2.24) is 0 Å². The van der Waals surface area contributed by atoms with Crippen LogP contribution < -0.4 is 0 Å². The van der Waals surface area contributed by atoms with Gasteiger partial charge in [0.15, 0.2) is 0 Å². The average Bonchev–Trinajstić information content (AvgIpc) is 1.35. The minimum Gasteiger partial charge on any atom is -0.478 e. The van der Waals surface area contributed by atoms with Gasteiger partial charge in [-0.15, -0.1) is 0 Å². The van der Waals surface area contributed by atoms with Crippen molar-refractivity contribution in [2.75, 3.05) is 0 Å². The Kier molecular flexibility index (Phi) is 8.48. The Labute approximate surface area is 57.1 Å². The predicted octanol–water partition coefficient (Wildman–Crippen LogP) is 0.645. The average molecular weight is 134 g/mol. The second-order valence-electron chi connectivity index (χ2n) is 0.838. The minimum atomic E-state index is -0.891. The van der Waals surface area contributed by atoms with Gasteiger partial charge in [-0.25, -0.2) is 4.79 Å². The van der Waals surface area contributed by atoms with Gasteiger partial charge in [0.25, 0.3) is 0 Å². The van der Waals surface area contributed by atoms with Gasteiger partial charge in [-0.05, 0) is 6.92 Å². The van der Waals surface area contributed by atoms with E-state index in [0.29, 0.717) is 0 Å². The van der Waals surface area contributed by atoms with Gasteiger partial charge in [0.05, 0.1) is 0 Å². The third-order valence-corrected chi connectivity index (χ3v) is 0.309. The summed E-state index contributed by atoms with van der Waals surface area (Å²) in [6.07, 6.45) is 2.56. The van der Waals surface area contributed by atoms with Gasteiger partial charge in [-0.2, -0.15) is 0 Å². The largest absolute Gasteiger partial charge is 0.478 e. The van der Waals surface area contributed by atoms with Crippen molar-refractivity contribution in [3.05, 3.63) is 12.2 Å². The minimum absolute atomic E-state index is 0. The van der Waals surface area contributed by atoms with Crippen LogP contribution in [-0.4, -0.2) is 11.1 Å². The molecule has 0 saturated carbocycles. The fourth-order valence-corrected chi connectivity index (χ4v) is 0.143. The normalized spacial score (nSPS) is 8.14. The molecular weight excluding hydrogens is 128 g/mol. The molecule has 0 aromatic rings. The number of carboxylic acids is 1. The number of carbonyl (C=O) groups is 1. The standard InChI is InChI=1S/C4H6O2.Ti/c1-2-3-4(5)6;/h2-3H,1H3,(H,5,6);. The molecule has 0 saturated heterocycles. The Morgan fingerprint density at radius 2 is 2.14 bits per heavy atom. The summed E-state index contributed by atoms with van der Waals surface area (Å²) in [4.78, 5) is 9.51. The van der Waals surface area contributed by atoms with E-state index < -0.39 is 5.97 Å². The molecule has 0 heterocycles. The number of rotatable bonds is 1. The van der Waals surface area contributed by atoms with E-state index >= 15 is 0 Å². The topological polar surface area (TPSA) is 37.3 Å². The van der Waals surface area contributed by atoms with Crippen LogP contribution >= 0.6 is 0 Å². The summed E-state index contributed by atoms with van der Waals surface area (Å²) in [6, 6.07) is 0. The summed E-state index contributed by atoms with van der Waals surface area (Å²) in [7, 11) is 0. The number of allylic oxidation sites excluding steroid dienone is 1. The molecule has 3 heteroatoms. The van der Waals surface area contributed by atoms with E-state index in [9.17, 15) is 4.79 Å². The molecule has 0 fully saturated rings. The van der Waals surface area contributed by atoms with E-state index in [-0.39, 0.29) is 21.7 Å². The maximum atomic E-state index is 9.51. The van der Waals surface area contributed by atoms with E-state index in [1.807, 2.05) is 0 Å². The van der Waals surface area contributed by atoms with Crippen LogP contribution in [0.1, 0.15) is 6.92 Å². The number of carboxylic acid groups (broad SMARTS) is 1. The number of hydrogen-bond donors (Lipinski definition) is 1. The Hall–Kier alpha value is -0.0757. The summed E-state index contributed by atoms with van der Waals surface area (Å²) in [5.41, 5.74) is 0. The summed E-state index contributed by atoms with van der Waals surface area (Å²) < 4.78 is 0. The third-order valence-electron chi connectivity index (χ3n) is 0.309. The molecule has 38 valence electrons. The van der Waals surface area contributed by atoms with E-state index in [0.717, 1.165) is 6.08 Å². The fourth-order valence-electron chi connectivity index (χ4n) is 0.143. The molecule has 0 unspecified atom stereocenters. The third kappa shape index (κ3) is 10.7. The molecule has 0 spiro atoms. The van der Waals surface area contributed by atoms with Crippen molar-refractivity contribution in [2.45, 2.75) is 6.92 Å². The Morgan fingerprint density at radius 1 is 1.71 bits per heavy atom. The molecule has 0 aliphatic heterocycles. The molecule has 0 bridgehead atoms. The molecule has 0 aliphatic carbocycles. The zero-order chi connectivity index (χ0) is 4.99. The van der Waals surface area contributed by atoms with Crippen molar-refractivity contribution in [1.29, 1.82) is 0 Å². The molecule has 0 aromatic heterocycles. The molecule has 1 N–H and O–H groups in total. The quantitative estimate of drug-likeness (QED) is 0.422. The molecule has 0 radical (unpaired) electrons. The van der Waals surface area contributed by atoms with Crippen LogP contribution in [0.15, 0.2) is 12.2 Å². The Balaban J connectivity index is 0. The van der Waals surface area contributed by atoms with Gasteiger partial charge in [0, 0.05) is 27.8 Å². The van der Waals surface area contributed by atoms with Gasteiger partial charge in [0.1, 0.15) is 0 Å². The van der Waals surface area contributed by atoms with Crippen molar-refractivity contribution in [3.63, 3.8) is 0 Å². The van der Waals surface area contributed by atoms with Crippen molar-refractivity contribution in [3.8, 4) is 0 Å². The molecule has 0 aliphatic rings. The molecule has 2 nitrogen and oxygen atoms in total. The van der Waals surface area contributed by atoms with Crippen LogP contribution in [0.3, 0.4) is 0 Å². The zero-order valence-electron chi connectivity index (χ0n) is 4.01. The Morgan fingerprint density at radius 3 is 2.14 bits per heavy atom. The Bertz CT molecular complexity index is 77.8. The van der Waals surface area contributed by atoms with Gasteiger partial charge >= 0.3 is 5.97 Å². The summed E-state index contributed by atoms with van der Waals surface area (Å²) in [5.74, 6) is -0.891. The van der Waals surface area contributed by atoms with E-state index in [1.165, 1.54) is 6.08 Å². The van der Waals surface area contributed by atoms with Crippen molar-refractivity contribution >= 4 is 5.97 Å². The van der Waals surface area contributed by atoms with Crippen LogP contribution in [0.5, 0.6) is 0 Å². The monoisotopic (exact) mass is 134 g/mol. The molecule has 0 rings (SSSR count). The van der Waals surface area contributed by atoms with Crippen LogP contribution in [0.2, 0.25) is 0 Å². The first-order valence-corrected chi connectivity index (χ1v) is 1.63. The summed E-state index contributed by atoms with van der Waals surface area (Å²) >= 11 is 0. The fraction of sp³-hybridized carbons (Fsp3) is 0.250. The van der Waals surface area contributed by atoms with Crippen molar-refractivity contribution < 1.29 is 31.6 Å². The maximum absolute atomic E-state index is 9.51. The second-order valence-corrected chi connectivity index (χ2v) is 0.838. The summed E-state index contributed by atoms with van der Waals surface area (Å²) in [6.45, 7) is 1.66. The van der Waals surface area contributed by atoms with E-state index in [2.05, 4.69) is 0 Å². The van der Waals surface area contributed by atoms with Crippen LogP contribution in [0.4, 0.5) is 0 Å². The summed E-state index contributed by atoms with van der Waals surface area (Å²) in [5, 5.41) is 7.83. The predicted molar refractivity (Wildman–Crippen MR) is 22.4 cm³/mol. The first kappa shape index (κ1) is 10.0. The number of aliphatic carboxylic acids is 1. The molecular formula is C4H6O2Ti. The van der Waals surface area contributed by atoms with Crippen LogP contribution in [0.25, 0.3) is 0 Å². The number of hydrogen-bond acceptors (Lipinski definition) is 1. The smallest absolute Gasteiger partial charge is 0.327 e. The van der Waals surface area contributed by atoms with Gasteiger partial charge in [-0.1, -0.05) is 6.08 Å². The van der Waals surface area contributed by atoms with Crippen LogP contribution in [0, 0.1) is 0 Å². The molecule has 0 amide bonds. The van der Waals surface area contributed by atoms with Gasteiger partial charge < -0.3 is 5.11 Å². The second kappa shape index (κ2) is 5.92. The van der Waals surface area contributed by atoms with E-state index in [4.69, 9.17) is 5.11 Å². The van der Waals surface area contributed by atoms with E-state index in [1.54, 1.807) is 6.92 Å². The van der Waals surface area contributed by atoms with Crippen LogP contribution in [-0.2, 0) is 26.5 Å². The first-order valence-electron chi connectivity index (χ1n) is 1.63. The van der Waals surface area contributed by atoms with Crippen molar-refractivity contribution in [2.24, 2.45) is 0 Å². The van der Waals surface area contributed by atoms with Gasteiger partial charge in [0.2, 0.25) is 0 Å². The zero-order valence-corrected chi connectivity index (χ0v) is 5.57. The van der Waals surface area contributed by atoms with Gasteiger partial charge in [-0.3, -0.25) is 0 Å². The molecule has 0 atom stereocenters.